The Bertz CT molecular complexity index is 2560. The zero-order chi connectivity index (χ0) is 60.8. The van der Waals surface area contributed by atoms with Crippen LogP contribution in [0.2, 0.25) is 5.02 Å². The van der Waals surface area contributed by atoms with Crippen molar-refractivity contribution < 1.29 is 87.3 Å². The summed E-state index contributed by atoms with van der Waals surface area (Å²) in [6.07, 6.45) is -6.35. The van der Waals surface area contributed by atoms with Gasteiger partial charge < -0.3 is 82.9 Å². The number of carbonyl (C=O) groups is 4. The molecule has 6 N–H and O–H groups in total. The molecule has 0 spiro atoms. The number of fused-ring (bicyclic) bond motifs is 3. The first-order chi connectivity index (χ1) is 38.5. The van der Waals surface area contributed by atoms with Crippen molar-refractivity contribution in [1.29, 1.82) is 0 Å². The van der Waals surface area contributed by atoms with Gasteiger partial charge in [-0.2, -0.15) is 0 Å². The predicted octanol–water partition coefficient (Wildman–Crippen LogP) is 5.31. The van der Waals surface area contributed by atoms with Crippen molar-refractivity contribution in [2.45, 2.75) is 211 Å². The quantitative estimate of drug-likeness (QED) is 0.0543. The van der Waals surface area contributed by atoms with E-state index in [4.69, 9.17) is 54.2 Å². The van der Waals surface area contributed by atoms with E-state index in [1.807, 2.05) is 46.7 Å². The van der Waals surface area contributed by atoms with Crippen LogP contribution in [0.4, 0.5) is 5.69 Å². The van der Waals surface area contributed by atoms with E-state index in [9.17, 15) is 49.5 Å². The van der Waals surface area contributed by atoms with Gasteiger partial charge in [0.25, 0.3) is 0 Å². The topological polar surface area (TPSA) is 290 Å². The number of carboxylic acids is 1. The number of benzene rings is 1. The molecule has 1 saturated carbocycles. The van der Waals surface area contributed by atoms with Crippen LogP contribution >= 0.6 is 11.6 Å². The van der Waals surface area contributed by atoms with E-state index in [-0.39, 0.29) is 93.6 Å². The molecule has 82 heavy (non-hydrogen) atoms. The summed E-state index contributed by atoms with van der Waals surface area (Å²) in [4.78, 5) is 69.2. The number of carboxylic acid groups (broad SMARTS) is 1. The number of ether oxygens (including phenoxy) is 9. The number of rotatable bonds is 25. The van der Waals surface area contributed by atoms with Gasteiger partial charge in [-0.05, 0) is 106 Å². The molecule has 0 amide bonds. The molecule has 18 atom stereocenters. The highest BCUT2D eigenvalue weighted by Gasteiger charge is 2.58. The summed E-state index contributed by atoms with van der Waals surface area (Å²) in [5.41, 5.74) is -4.52. The van der Waals surface area contributed by atoms with Gasteiger partial charge in [0.2, 0.25) is 5.43 Å². The number of cyclic esters (lactones) is 1. The highest BCUT2D eigenvalue weighted by Crippen LogP contribution is 2.47. The molecule has 4 fully saturated rings. The number of ketones is 1. The average Bonchev–Trinajstić information content (AvgIpc) is 4.28. The molecule has 1 aliphatic carbocycles. The maximum atomic E-state index is 14.5. The van der Waals surface area contributed by atoms with Crippen molar-refractivity contribution >= 4 is 51.9 Å². The van der Waals surface area contributed by atoms with Gasteiger partial charge in [-0.1, -0.05) is 39.3 Å². The number of nitrogens with one attached hydrogen (secondary N) is 1. The van der Waals surface area contributed by atoms with Gasteiger partial charge in [-0.3, -0.25) is 19.2 Å². The first kappa shape index (κ1) is 67.2. The molecular weight excluding hydrogens is 1090 g/mol. The fraction of sp³-hybridized carbons (Fsp3) is 0.780. The lowest BCUT2D eigenvalue weighted by Gasteiger charge is -2.47. The Hall–Kier alpha value is -3.88. The van der Waals surface area contributed by atoms with Crippen molar-refractivity contribution in [3.8, 4) is 0 Å². The van der Waals surface area contributed by atoms with Crippen molar-refractivity contribution in [1.82, 2.24) is 9.47 Å². The molecule has 23 heteroatoms. The number of aromatic nitrogens is 1. The van der Waals surface area contributed by atoms with Gasteiger partial charge in [0.1, 0.15) is 34.8 Å². The number of anilines is 1. The van der Waals surface area contributed by atoms with Crippen LogP contribution in [0.3, 0.4) is 0 Å². The summed E-state index contributed by atoms with van der Waals surface area (Å²) in [5, 5.41) is 60.0. The summed E-state index contributed by atoms with van der Waals surface area (Å²) >= 11 is 6.58. The molecule has 4 heterocycles. The number of nitrogens with zero attached hydrogens (tertiary/aromatic N) is 2. The van der Waals surface area contributed by atoms with Gasteiger partial charge >= 0.3 is 17.9 Å². The molecule has 464 valence electrons. The summed E-state index contributed by atoms with van der Waals surface area (Å²) in [5.74, 6) is -6.70. The number of aromatic carboxylic acids is 1. The Kier molecular flexibility index (Phi) is 23.4. The normalized spacial score (nSPS) is 33.6. The van der Waals surface area contributed by atoms with Crippen LogP contribution in [0.1, 0.15) is 137 Å². The molecule has 2 aromatic rings. The zero-order valence-corrected chi connectivity index (χ0v) is 50.8. The minimum atomic E-state index is -2.04. The number of esters is 2. The number of hydrogen-bond acceptors (Lipinski definition) is 20. The Morgan fingerprint density at radius 2 is 1.66 bits per heavy atom. The summed E-state index contributed by atoms with van der Waals surface area (Å²) in [7, 11) is 5.14. The van der Waals surface area contributed by atoms with Crippen LogP contribution in [-0.4, -0.2) is 204 Å². The molecule has 3 aliphatic heterocycles. The van der Waals surface area contributed by atoms with E-state index in [0.717, 1.165) is 12.8 Å². The SMILES string of the molecule is CCC1O[C@]2(C)C[C@@H]1C(=O)[C@H](C)[C@@H](O)[C@](C)(O)[C@@H](CC)OC(=O)[C@H](C)[C@@H](OCC[C@@](C)(OC)[C@@H](OC(=O)CCOCCOCCNc1cc3c(=O)c(C(=O)O)cn(C4CC4)c3cc1Cl)[C@H](C)O)[C@H](C)[C@H]2OC1O[C@H](C)C[C@H](N(C)C)[C@H]1O. The molecule has 1 aromatic carbocycles. The third-order valence-corrected chi connectivity index (χ3v) is 17.7. The monoisotopic (exact) mass is 1180 g/mol. The van der Waals surface area contributed by atoms with E-state index in [2.05, 4.69) is 5.32 Å². The Labute approximate surface area is 486 Å². The zero-order valence-electron chi connectivity index (χ0n) is 50.1. The number of carbonyl (C=O) groups excluding carboxylic acids is 3. The number of aliphatic hydroxyl groups is 4. The number of halogens is 1. The average molecular weight is 1180 g/mol. The summed E-state index contributed by atoms with van der Waals surface area (Å²) in [6.45, 7) is 17.5. The maximum Gasteiger partial charge on any atom is 0.341 e. The van der Waals surface area contributed by atoms with E-state index in [0.29, 0.717) is 35.6 Å². The molecule has 4 aliphatic rings. The fourth-order valence-electron chi connectivity index (χ4n) is 12.4. The van der Waals surface area contributed by atoms with Crippen LogP contribution in [0, 0.1) is 23.7 Å². The van der Waals surface area contributed by atoms with Crippen molar-refractivity contribution in [2.24, 2.45) is 23.7 Å². The molecule has 0 radical (unpaired) electrons. The minimum absolute atomic E-state index is 0.0233. The third-order valence-electron chi connectivity index (χ3n) is 17.4. The van der Waals surface area contributed by atoms with Crippen LogP contribution in [-0.2, 0) is 57.0 Å². The maximum absolute atomic E-state index is 14.5. The number of methoxy groups -OCH3 is 1. The second-order valence-corrected chi connectivity index (χ2v) is 24.4. The van der Waals surface area contributed by atoms with Gasteiger partial charge in [0, 0.05) is 68.1 Å². The second kappa shape index (κ2) is 28.5. The number of pyridine rings is 1. The second-order valence-electron chi connectivity index (χ2n) is 24.0. The van der Waals surface area contributed by atoms with E-state index >= 15 is 0 Å². The van der Waals surface area contributed by atoms with Crippen molar-refractivity contribution in [2.75, 3.05) is 66.1 Å². The molecule has 3 saturated heterocycles. The van der Waals surface area contributed by atoms with Crippen LogP contribution in [0.15, 0.2) is 23.1 Å². The molecule has 22 nitrogen and oxygen atoms in total. The minimum Gasteiger partial charge on any atom is -0.477 e. The van der Waals surface area contributed by atoms with E-state index in [1.54, 1.807) is 44.4 Å². The number of hydrogen-bond donors (Lipinski definition) is 6. The first-order valence-electron chi connectivity index (χ1n) is 29.1. The number of likely N-dealkylation sites (N-methyl/N-ethyl adjacent to an activating group) is 1. The smallest absolute Gasteiger partial charge is 0.341 e. The third kappa shape index (κ3) is 15.4. The highest BCUT2D eigenvalue weighted by molar-refractivity contribution is 6.34. The summed E-state index contributed by atoms with van der Waals surface area (Å²) < 4.78 is 58.0. The number of Topliss-reactive ketones (excluding diaryl/α,β-unsaturated/α-hetero) is 1. The van der Waals surface area contributed by atoms with Crippen LogP contribution in [0.5, 0.6) is 0 Å². The lowest BCUT2D eigenvalue weighted by molar-refractivity contribution is -0.301. The fourth-order valence-corrected chi connectivity index (χ4v) is 12.6. The van der Waals surface area contributed by atoms with E-state index in [1.165, 1.54) is 27.2 Å². The van der Waals surface area contributed by atoms with E-state index < -0.39 is 119 Å². The van der Waals surface area contributed by atoms with Gasteiger partial charge in [-0.15, -0.1) is 0 Å². The molecule has 2 unspecified atom stereocenters. The predicted molar refractivity (Wildman–Crippen MR) is 303 cm³/mol. The molecular formula is C59H92ClN3O19. The first-order valence-corrected chi connectivity index (χ1v) is 29.5. The molecule has 6 rings (SSSR count). The summed E-state index contributed by atoms with van der Waals surface area (Å²) in [6, 6.07) is 3.00. The standard InChI is InChI=1S/C59H92ClN3O19/c1-14-44-38-29-58(9,82-44)52(81-56-49(68)43(62(11)12)26-31(3)78-56)33(5)50(34(6)55(72)79-45(15-2)59(10,73)51(69)32(4)47(38)66)77-22-19-57(8,74-13)53(35(7)64)80-46(65)18-21-75-24-25-76-23-20-61-41-27-37-42(28-40(41)60)63(36-16-17-36)30-39(48(37)67)54(70)71/h27-28,30-36,38,43-45,49-53,56,61,64,68-69,73H,14-26,29H2,1-13H3,(H,70,71)/t31-,32+,33+,34-,35+,38+,43+,44?,45-,49-,50+,51-,52-,53+,56?,57-,58-,59-/m1/s1. The van der Waals surface area contributed by atoms with Crippen LogP contribution < -0.4 is 10.7 Å². The van der Waals surface area contributed by atoms with Gasteiger partial charge in [0.05, 0.1) is 97.2 Å². The van der Waals surface area contributed by atoms with Crippen molar-refractivity contribution in [3.05, 3.63) is 39.1 Å². The lowest BCUT2D eigenvalue weighted by atomic mass is 9.74. The number of aliphatic hydroxyl groups excluding tert-OH is 3. The largest absolute Gasteiger partial charge is 0.477 e. The lowest BCUT2D eigenvalue weighted by Crippen LogP contribution is -2.59. The van der Waals surface area contributed by atoms with Gasteiger partial charge in [-0.25, -0.2) is 4.79 Å². The molecule has 2 bridgehead atoms. The molecule has 1 aromatic heterocycles. The van der Waals surface area contributed by atoms with Gasteiger partial charge in [0.15, 0.2) is 12.4 Å². The highest BCUT2D eigenvalue weighted by atomic mass is 35.5. The van der Waals surface area contributed by atoms with Crippen molar-refractivity contribution in [3.63, 3.8) is 0 Å². The Morgan fingerprint density at radius 1 is 0.988 bits per heavy atom. The Morgan fingerprint density at radius 3 is 2.26 bits per heavy atom. The van der Waals surface area contributed by atoms with Crippen LogP contribution in [0.25, 0.3) is 10.9 Å². The Balaban J connectivity index is 1.11.